The first-order chi connectivity index (χ1) is 30.6. The van der Waals surface area contributed by atoms with Gasteiger partial charge in [-0.1, -0.05) is 98.9 Å². The third kappa shape index (κ3) is 18.6. The molecule has 368 valence electrons. The third-order valence-electron chi connectivity index (χ3n) is 12.0. The summed E-state index contributed by atoms with van der Waals surface area (Å²) in [5.74, 6) is -6.83. The molecule has 2 fully saturated rings. The summed E-state index contributed by atoms with van der Waals surface area (Å²) in [4.78, 5) is 25.1. The number of carbonyl (C=O) groups excluding carboxylic acids is 1. The van der Waals surface area contributed by atoms with E-state index in [0.29, 0.717) is 0 Å². The van der Waals surface area contributed by atoms with Crippen molar-refractivity contribution in [3.63, 3.8) is 0 Å². The van der Waals surface area contributed by atoms with Gasteiger partial charge in [-0.15, -0.1) is 0 Å². The molecule has 0 spiro atoms. The van der Waals surface area contributed by atoms with Gasteiger partial charge in [-0.3, -0.25) is 9.59 Å². The van der Waals surface area contributed by atoms with Crippen molar-refractivity contribution < 1.29 is 84.7 Å². The number of aliphatic carboxylic acids is 1. The van der Waals surface area contributed by atoms with Crippen molar-refractivity contribution in [1.82, 2.24) is 0 Å². The van der Waals surface area contributed by atoms with Gasteiger partial charge in [-0.05, 0) is 33.1 Å². The topological polar surface area (TPSA) is 320 Å². The molecule has 3 rings (SSSR count). The largest absolute Gasteiger partial charge is 0.481 e. The normalized spacial score (nSPS) is 45.5. The average molecular weight is 924 g/mol. The van der Waals surface area contributed by atoms with Crippen LogP contribution in [0.1, 0.15) is 79.1 Å². The lowest BCUT2D eigenvalue weighted by molar-refractivity contribution is -0.308. The molecule has 3 aliphatic heterocycles. The monoisotopic (exact) mass is 923 g/mol. The molecule has 65 heavy (non-hydrogen) atoms. The molecular weight excluding hydrogens is 851 g/mol. The first-order valence-corrected chi connectivity index (χ1v) is 22.3. The molecule has 2 saturated heterocycles. The van der Waals surface area contributed by atoms with Crippen molar-refractivity contribution in [1.29, 1.82) is 0 Å². The number of ether oxygens (including phenoxy) is 4. The number of carboxylic acid groups (broad SMARTS) is 1. The van der Waals surface area contributed by atoms with Crippen molar-refractivity contribution in [3.8, 4) is 0 Å². The number of allylic oxidation sites excluding steroid dienone is 12. The van der Waals surface area contributed by atoms with E-state index in [0.717, 1.165) is 0 Å². The molecule has 0 amide bonds. The molecule has 0 aliphatic carbocycles. The fraction of sp³-hybridized carbons (Fsp3) is 0.660. The quantitative estimate of drug-likeness (QED) is 0.174. The molecule has 13 N–H and O–H groups in total. The maximum atomic E-state index is 12.6. The summed E-state index contributed by atoms with van der Waals surface area (Å²) in [6, 6.07) is -1.15. The molecule has 0 aromatic rings. The van der Waals surface area contributed by atoms with Crippen molar-refractivity contribution in [2.45, 2.75) is 177 Å². The summed E-state index contributed by atoms with van der Waals surface area (Å²) in [5, 5.41) is 118. The number of cyclic esters (lactones) is 1. The highest BCUT2D eigenvalue weighted by Crippen LogP contribution is 2.38. The van der Waals surface area contributed by atoms with Crippen LogP contribution in [0.3, 0.4) is 0 Å². The summed E-state index contributed by atoms with van der Waals surface area (Å²) in [7, 11) is 0. The van der Waals surface area contributed by atoms with Gasteiger partial charge in [-0.2, -0.15) is 0 Å². The number of nitrogens with two attached hydrogens (primary N) is 1. The van der Waals surface area contributed by atoms with Crippen LogP contribution in [0.15, 0.2) is 85.1 Å². The van der Waals surface area contributed by atoms with E-state index in [1.54, 1.807) is 80.7 Å². The first-order valence-electron chi connectivity index (χ1n) is 22.3. The maximum Gasteiger partial charge on any atom is 0.311 e. The lowest BCUT2D eigenvalue weighted by Gasteiger charge is -2.45. The van der Waals surface area contributed by atoms with Crippen LogP contribution in [-0.4, -0.2) is 166 Å². The van der Waals surface area contributed by atoms with Crippen LogP contribution in [-0.2, 0) is 28.5 Å². The molecule has 3 aliphatic rings. The predicted octanol–water partition coefficient (Wildman–Crippen LogP) is 0.712. The van der Waals surface area contributed by atoms with Gasteiger partial charge >= 0.3 is 11.9 Å². The second-order valence-corrected chi connectivity index (χ2v) is 17.6. The van der Waals surface area contributed by atoms with Crippen molar-refractivity contribution in [2.24, 2.45) is 23.5 Å². The van der Waals surface area contributed by atoms with Crippen LogP contribution >= 0.6 is 0 Å². The molecular formula is C47H73NO17. The molecule has 3 heterocycles. The Hall–Kier alpha value is -3.44. The highest BCUT2D eigenvalue weighted by atomic mass is 16.7. The first kappa shape index (κ1) is 55.9. The Bertz CT molecular complexity index is 1670. The van der Waals surface area contributed by atoms with E-state index in [1.165, 1.54) is 13.0 Å². The Morgan fingerprint density at radius 3 is 1.82 bits per heavy atom. The van der Waals surface area contributed by atoms with E-state index in [2.05, 4.69) is 0 Å². The molecule has 0 aromatic carbocycles. The zero-order valence-corrected chi connectivity index (χ0v) is 37.6. The summed E-state index contributed by atoms with van der Waals surface area (Å²) >= 11 is 0. The van der Waals surface area contributed by atoms with Gasteiger partial charge in [-0.25, -0.2) is 0 Å². The number of aliphatic hydroxyl groups excluding tert-OH is 9. The molecule has 2 bridgehead atoms. The number of carbonyl (C=O) groups is 2. The Labute approximate surface area is 381 Å². The van der Waals surface area contributed by atoms with E-state index >= 15 is 0 Å². The molecule has 18 nitrogen and oxygen atoms in total. The summed E-state index contributed by atoms with van der Waals surface area (Å²) in [6.45, 7) is 6.74. The fourth-order valence-corrected chi connectivity index (χ4v) is 7.97. The van der Waals surface area contributed by atoms with Crippen LogP contribution in [0.2, 0.25) is 0 Å². The van der Waals surface area contributed by atoms with E-state index in [-0.39, 0.29) is 31.6 Å². The van der Waals surface area contributed by atoms with E-state index < -0.39 is 147 Å². The average Bonchev–Trinajstić information content (AvgIpc) is 3.21. The smallest absolute Gasteiger partial charge is 0.311 e. The van der Waals surface area contributed by atoms with Crippen LogP contribution in [0.25, 0.3) is 0 Å². The highest BCUT2D eigenvalue weighted by molar-refractivity contribution is 5.71. The SMILES string of the molecule is CC1OC(O[C@H]2/C=C/C=C\C=C/C=C\C=C/C=C\C=C/[C@H](C)[C@@H](O)[C@@H](C)[C@H](C)OC(=O)C[C@H](O)C[C@H](O)CC[C@@H](O)[C@H](O)C[C@H](O)C[C@]3(O)C[C@H](O)[C@@H](C(=O)O)[C@H](C2)O3)C(O)C(N)C1O. The summed E-state index contributed by atoms with van der Waals surface area (Å²) in [5.41, 5.74) is 6.02. The van der Waals surface area contributed by atoms with Gasteiger partial charge in [0.25, 0.3) is 0 Å². The van der Waals surface area contributed by atoms with E-state index in [9.17, 15) is 65.8 Å². The number of aliphatic hydroxyl groups is 10. The number of hydrogen-bond acceptors (Lipinski definition) is 17. The number of hydrogen-bond donors (Lipinski definition) is 12. The minimum Gasteiger partial charge on any atom is -0.481 e. The van der Waals surface area contributed by atoms with Gasteiger partial charge < -0.3 is 80.9 Å². The fourth-order valence-electron chi connectivity index (χ4n) is 7.97. The minimum atomic E-state index is -2.33. The van der Waals surface area contributed by atoms with E-state index in [1.807, 2.05) is 19.1 Å². The van der Waals surface area contributed by atoms with Crippen LogP contribution in [0, 0.1) is 17.8 Å². The van der Waals surface area contributed by atoms with Crippen LogP contribution < -0.4 is 5.73 Å². The Morgan fingerprint density at radius 1 is 0.662 bits per heavy atom. The molecule has 5 unspecified atom stereocenters. The summed E-state index contributed by atoms with van der Waals surface area (Å²) < 4.78 is 23.1. The third-order valence-corrected chi connectivity index (χ3v) is 12.0. The molecule has 19 atom stereocenters. The minimum absolute atomic E-state index is 0.107. The highest BCUT2D eigenvalue weighted by Gasteiger charge is 2.51. The lowest BCUT2D eigenvalue weighted by Crippen LogP contribution is -2.61. The van der Waals surface area contributed by atoms with Crippen molar-refractivity contribution in [3.05, 3.63) is 85.1 Å². The zero-order valence-electron chi connectivity index (χ0n) is 37.6. The number of fused-ring (bicyclic) bond motifs is 2. The molecule has 0 saturated carbocycles. The maximum absolute atomic E-state index is 12.6. The van der Waals surface area contributed by atoms with Crippen molar-refractivity contribution >= 4 is 11.9 Å². The van der Waals surface area contributed by atoms with Gasteiger partial charge in [0.05, 0.1) is 79.6 Å². The van der Waals surface area contributed by atoms with Gasteiger partial charge in [0, 0.05) is 37.5 Å². The van der Waals surface area contributed by atoms with E-state index in [4.69, 9.17) is 24.7 Å². The van der Waals surface area contributed by atoms with Gasteiger partial charge in [0.15, 0.2) is 12.1 Å². The Balaban J connectivity index is 1.86. The molecule has 0 radical (unpaired) electrons. The van der Waals surface area contributed by atoms with Crippen LogP contribution in [0.4, 0.5) is 0 Å². The lowest BCUT2D eigenvalue weighted by atomic mass is 9.82. The zero-order chi connectivity index (χ0) is 48.4. The second-order valence-electron chi connectivity index (χ2n) is 17.6. The predicted molar refractivity (Wildman–Crippen MR) is 237 cm³/mol. The molecule has 18 heteroatoms. The van der Waals surface area contributed by atoms with Gasteiger partial charge in [0.2, 0.25) is 0 Å². The number of carboxylic acids is 1. The summed E-state index contributed by atoms with van der Waals surface area (Å²) in [6.07, 6.45) is 3.46. The number of esters is 1. The van der Waals surface area contributed by atoms with Crippen LogP contribution in [0.5, 0.6) is 0 Å². The van der Waals surface area contributed by atoms with Gasteiger partial charge in [0.1, 0.15) is 18.1 Å². The molecule has 0 aromatic heterocycles. The second kappa shape index (κ2) is 27.4. The Morgan fingerprint density at radius 2 is 1.23 bits per heavy atom. The van der Waals surface area contributed by atoms with Crippen molar-refractivity contribution in [2.75, 3.05) is 0 Å². The Kier molecular flexibility index (Phi) is 23.6. The number of rotatable bonds is 3. The standard InChI is InChI=1S/C47H73NO17/c1-27-17-15-13-11-9-7-5-6-8-10-12-14-16-18-34(64-46-44(58)41(48)43(57)30(4)63-46)24-38-40(45(59)60)37(54)26-47(61,65-38)25-33(51)22-36(53)35(52)20-19-31(49)21-32(50)23-39(55)62-29(3)28(2)42(27)56/h5-18,27-38,40-44,46,49-54,56-58,61H,19-26,48H2,1-4H3,(H,59,60)/b6-5-,9-7-,10-8-,13-11-,14-12-,17-15-,18-16+/t27-,28-,29-,30?,31+,32+,33-,34-,35+,36+,37-,38-,40+,41?,42+,43?,44?,46?,47+/m0/s1.